The Morgan fingerprint density at radius 3 is 2.52 bits per heavy atom. The van der Waals surface area contributed by atoms with E-state index in [1.54, 1.807) is 6.20 Å². The van der Waals surface area contributed by atoms with Crippen molar-refractivity contribution in [3.05, 3.63) is 17.5 Å². The number of aromatic nitrogens is 2. The van der Waals surface area contributed by atoms with Crippen LogP contribution in [0.3, 0.4) is 0 Å². The van der Waals surface area contributed by atoms with Gasteiger partial charge in [-0.2, -0.15) is 0 Å². The van der Waals surface area contributed by atoms with E-state index in [0.717, 1.165) is 51.0 Å². The highest BCUT2D eigenvalue weighted by atomic mass is 16.5. The number of hydrogen-bond acceptors (Lipinski definition) is 6. The molecule has 2 saturated heterocycles. The number of carbonyl (C=O) groups excluding carboxylic acids is 1. The highest BCUT2D eigenvalue weighted by Crippen LogP contribution is 2.17. The van der Waals surface area contributed by atoms with E-state index in [-0.39, 0.29) is 5.91 Å². The molecule has 3 heterocycles. The summed E-state index contributed by atoms with van der Waals surface area (Å²) in [4.78, 5) is 26.4. The van der Waals surface area contributed by atoms with Gasteiger partial charge in [-0.15, -0.1) is 0 Å². The zero-order valence-corrected chi connectivity index (χ0v) is 16.9. The fourth-order valence-corrected chi connectivity index (χ4v) is 3.91. The van der Waals surface area contributed by atoms with Gasteiger partial charge in [0.05, 0.1) is 24.5 Å². The lowest BCUT2D eigenvalue weighted by atomic mass is 10.0. The lowest BCUT2D eigenvalue weighted by Crippen LogP contribution is -2.51. The Labute approximate surface area is 162 Å². The minimum absolute atomic E-state index is 0.0865. The molecule has 0 bridgehead atoms. The second-order valence-corrected chi connectivity index (χ2v) is 7.89. The maximum atomic E-state index is 12.7. The number of nitrogens with zero attached hydrogens (tertiary/aromatic N) is 4. The third kappa shape index (κ3) is 5.17. The van der Waals surface area contributed by atoms with E-state index in [4.69, 9.17) is 4.74 Å². The topological polar surface area (TPSA) is 70.6 Å². The zero-order valence-electron chi connectivity index (χ0n) is 16.9. The number of carbonyl (C=O) groups is 1. The second kappa shape index (κ2) is 9.46. The van der Waals surface area contributed by atoms with E-state index in [1.165, 1.54) is 19.3 Å². The standard InChI is InChI=1S/C20H33N5O2/c1-15(2)18(24-9-11-27-12-10-24)14-21-19(26)17-13-22-20(23-16(17)3)25-7-5-4-6-8-25/h13,15,18H,4-12,14H2,1-3H3,(H,21,26). The van der Waals surface area contributed by atoms with E-state index in [0.29, 0.717) is 24.1 Å². The third-order valence-corrected chi connectivity index (χ3v) is 5.61. The van der Waals surface area contributed by atoms with Crippen LogP contribution in [0.1, 0.15) is 49.2 Å². The molecule has 0 aromatic carbocycles. The first-order valence-corrected chi connectivity index (χ1v) is 10.2. The Morgan fingerprint density at radius 2 is 1.89 bits per heavy atom. The van der Waals surface area contributed by atoms with Crippen molar-refractivity contribution in [3.8, 4) is 0 Å². The van der Waals surface area contributed by atoms with Gasteiger partial charge in [-0.1, -0.05) is 13.8 Å². The van der Waals surface area contributed by atoms with Crippen LogP contribution < -0.4 is 10.2 Å². The summed E-state index contributed by atoms with van der Waals surface area (Å²) >= 11 is 0. The van der Waals surface area contributed by atoms with Crippen molar-refractivity contribution in [1.29, 1.82) is 0 Å². The van der Waals surface area contributed by atoms with Crippen LogP contribution in [-0.4, -0.2) is 72.8 Å². The number of piperidine rings is 1. The normalized spacial score (nSPS) is 19.9. The Morgan fingerprint density at radius 1 is 1.19 bits per heavy atom. The lowest BCUT2D eigenvalue weighted by Gasteiger charge is -2.36. The van der Waals surface area contributed by atoms with Crippen LogP contribution in [0.4, 0.5) is 5.95 Å². The Kier molecular flexibility index (Phi) is 7.01. The van der Waals surface area contributed by atoms with Gasteiger partial charge < -0.3 is 15.0 Å². The van der Waals surface area contributed by atoms with Crippen molar-refractivity contribution >= 4 is 11.9 Å². The number of anilines is 1. The molecule has 27 heavy (non-hydrogen) atoms. The number of morpholine rings is 1. The van der Waals surface area contributed by atoms with Crippen LogP contribution in [-0.2, 0) is 4.74 Å². The van der Waals surface area contributed by atoms with Crippen LogP contribution >= 0.6 is 0 Å². The molecule has 0 spiro atoms. The smallest absolute Gasteiger partial charge is 0.254 e. The minimum atomic E-state index is -0.0865. The second-order valence-electron chi connectivity index (χ2n) is 7.89. The average Bonchev–Trinajstić information content (AvgIpc) is 2.69. The van der Waals surface area contributed by atoms with Gasteiger partial charge in [0, 0.05) is 45.0 Å². The van der Waals surface area contributed by atoms with Crippen LogP contribution in [0.5, 0.6) is 0 Å². The van der Waals surface area contributed by atoms with E-state index in [2.05, 4.69) is 38.9 Å². The molecule has 1 N–H and O–H groups in total. The first-order chi connectivity index (χ1) is 13.1. The largest absolute Gasteiger partial charge is 0.379 e. The molecule has 2 aliphatic rings. The maximum absolute atomic E-state index is 12.7. The summed E-state index contributed by atoms with van der Waals surface area (Å²) in [6.07, 6.45) is 5.32. The molecule has 0 radical (unpaired) electrons. The summed E-state index contributed by atoms with van der Waals surface area (Å²) < 4.78 is 5.45. The summed E-state index contributed by atoms with van der Waals surface area (Å²) in [5.74, 6) is 1.12. The summed E-state index contributed by atoms with van der Waals surface area (Å²) in [7, 11) is 0. The predicted octanol–water partition coefficient (Wildman–Crippen LogP) is 1.86. The van der Waals surface area contributed by atoms with E-state index in [9.17, 15) is 4.79 Å². The number of amides is 1. The number of hydrogen-bond donors (Lipinski definition) is 1. The van der Waals surface area contributed by atoms with E-state index >= 15 is 0 Å². The summed E-state index contributed by atoms with van der Waals surface area (Å²) in [6, 6.07) is 0.312. The molecule has 150 valence electrons. The summed E-state index contributed by atoms with van der Waals surface area (Å²) in [5.41, 5.74) is 1.32. The fraction of sp³-hybridized carbons (Fsp3) is 0.750. The quantitative estimate of drug-likeness (QED) is 0.818. The Hall–Kier alpha value is -1.73. The molecule has 1 aromatic heterocycles. The maximum Gasteiger partial charge on any atom is 0.254 e. The summed E-state index contributed by atoms with van der Waals surface area (Å²) in [6.45, 7) is 12.3. The highest BCUT2D eigenvalue weighted by Gasteiger charge is 2.25. The number of rotatable bonds is 6. The van der Waals surface area contributed by atoms with Gasteiger partial charge in [0.15, 0.2) is 0 Å². The molecule has 1 atom stereocenters. The van der Waals surface area contributed by atoms with Crippen molar-refractivity contribution < 1.29 is 9.53 Å². The Balaban J connectivity index is 1.61. The molecule has 2 aliphatic heterocycles. The van der Waals surface area contributed by atoms with Crippen LogP contribution in [0.25, 0.3) is 0 Å². The van der Waals surface area contributed by atoms with Crippen LogP contribution in [0, 0.1) is 12.8 Å². The lowest BCUT2D eigenvalue weighted by molar-refractivity contribution is 0.00672. The molecule has 1 unspecified atom stereocenters. The van der Waals surface area contributed by atoms with Crippen molar-refractivity contribution in [1.82, 2.24) is 20.2 Å². The van der Waals surface area contributed by atoms with Crippen molar-refractivity contribution in [2.45, 2.75) is 46.1 Å². The van der Waals surface area contributed by atoms with Gasteiger partial charge in [0.1, 0.15) is 0 Å². The number of ether oxygens (including phenoxy) is 1. The molecular weight excluding hydrogens is 342 g/mol. The molecule has 0 saturated carbocycles. The summed E-state index contributed by atoms with van der Waals surface area (Å²) in [5, 5.41) is 3.10. The van der Waals surface area contributed by atoms with Gasteiger partial charge in [-0.3, -0.25) is 9.69 Å². The third-order valence-electron chi connectivity index (χ3n) is 5.61. The molecular formula is C20H33N5O2. The molecule has 3 rings (SSSR count). The molecule has 7 heteroatoms. The van der Waals surface area contributed by atoms with Crippen molar-refractivity contribution in [3.63, 3.8) is 0 Å². The van der Waals surface area contributed by atoms with Gasteiger partial charge in [-0.25, -0.2) is 9.97 Å². The molecule has 1 amide bonds. The molecule has 1 aromatic rings. The predicted molar refractivity (Wildman–Crippen MR) is 106 cm³/mol. The SMILES string of the molecule is Cc1nc(N2CCCCC2)ncc1C(=O)NCC(C(C)C)N1CCOCC1. The monoisotopic (exact) mass is 375 g/mol. The minimum Gasteiger partial charge on any atom is -0.379 e. The fourth-order valence-electron chi connectivity index (χ4n) is 3.91. The Bertz CT molecular complexity index is 625. The van der Waals surface area contributed by atoms with E-state index in [1.807, 2.05) is 6.92 Å². The first kappa shape index (κ1) is 20.0. The molecule has 0 aliphatic carbocycles. The van der Waals surface area contributed by atoms with Gasteiger partial charge >= 0.3 is 0 Å². The highest BCUT2D eigenvalue weighted by molar-refractivity contribution is 5.95. The van der Waals surface area contributed by atoms with Crippen LogP contribution in [0.2, 0.25) is 0 Å². The van der Waals surface area contributed by atoms with Gasteiger partial charge in [-0.05, 0) is 32.1 Å². The van der Waals surface area contributed by atoms with Crippen LogP contribution in [0.15, 0.2) is 6.20 Å². The molecule has 2 fully saturated rings. The number of aryl methyl sites for hydroxylation is 1. The van der Waals surface area contributed by atoms with Crippen molar-refractivity contribution in [2.75, 3.05) is 50.8 Å². The first-order valence-electron chi connectivity index (χ1n) is 10.2. The average molecular weight is 376 g/mol. The molecule has 7 nitrogen and oxygen atoms in total. The van der Waals surface area contributed by atoms with E-state index < -0.39 is 0 Å². The van der Waals surface area contributed by atoms with Crippen molar-refractivity contribution in [2.24, 2.45) is 5.92 Å². The van der Waals surface area contributed by atoms with Gasteiger partial charge in [0.2, 0.25) is 5.95 Å². The number of nitrogens with one attached hydrogen (secondary N) is 1. The van der Waals surface area contributed by atoms with Gasteiger partial charge in [0.25, 0.3) is 5.91 Å². The zero-order chi connectivity index (χ0) is 19.2.